The summed E-state index contributed by atoms with van der Waals surface area (Å²) < 4.78 is 0. The largest absolute Gasteiger partial charge is 0.480 e. The maximum Gasteiger partial charge on any atom is 0.326 e. The number of nitrogens with one attached hydrogen (secondary N) is 1. The molecule has 1 amide bonds. The highest BCUT2D eigenvalue weighted by atomic mass is 32.1. The number of nitrogens with two attached hydrogens (primary N) is 2. The van der Waals surface area contributed by atoms with Crippen molar-refractivity contribution >= 4 is 36.4 Å². The highest BCUT2D eigenvalue weighted by Gasteiger charge is 2.35. The maximum atomic E-state index is 11.7. The first-order valence-corrected chi connectivity index (χ1v) is 7.74. The van der Waals surface area contributed by atoms with Crippen molar-refractivity contribution in [3.05, 3.63) is 0 Å². The molecule has 2 atom stereocenters. The van der Waals surface area contributed by atoms with Crippen LogP contribution in [-0.2, 0) is 9.59 Å². The van der Waals surface area contributed by atoms with E-state index in [0.717, 1.165) is 6.42 Å². The lowest BCUT2D eigenvalue weighted by Crippen LogP contribution is -2.43. The summed E-state index contributed by atoms with van der Waals surface area (Å²) in [7, 11) is 3.38. The van der Waals surface area contributed by atoms with Gasteiger partial charge in [0.2, 0.25) is 11.9 Å². The molecule has 1 aliphatic rings. The van der Waals surface area contributed by atoms with Crippen molar-refractivity contribution in [2.45, 2.75) is 25.8 Å². The molecule has 1 fully saturated rings. The van der Waals surface area contributed by atoms with Gasteiger partial charge in [-0.15, -0.1) is 0 Å². The Morgan fingerprint density at radius 1 is 1.48 bits per heavy atom. The number of likely N-dealkylation sites (tertiary alicyclic amines) is 1. The van der Waals surface area contributed by atoms with Crippen molar-refractivity contribution in [1.82, 2.24) is 9.80 Å². The Kier molecular flexibility index (Phi) is 9.08. The Morgan fingerprint density at radius 3 is 2.39 bits per heavy atom. The SMILES string of the molecule is CN(C)C(=N)N=C(N)N.C[C@H](CS)C(=O)N1CCC[C@H]1C(=O)O. The number of carbonyl (C=O) groups excluding carboxylic acids is 1. The molecule has 1 heterocycles. The molecule has 0 saturated carbocycles. The topological polar surface area (TPSA) is 149 Å². The second-order valence-electron chi connectivity index (χ2n) is 5.37. The summed E-state index contributed by atoms with van der Waals surface area (Å²) in [6.07, 6.45) is 1.35. The molecule has 10 heteroatoms. The van der Waals surface area contributed by atoms with Crippen LogP contribution in [0.2, 0.25) is 0 Å². The molecule has 0 aromatic carbocycles. The molecule has 6 N–H and O–H groups in total. The number of rotatable bonds is 3. The van der Waals surface area contributed by atoms with Gasteiger partial charge in [0.1, 0.15) is 6.04 Å². The normalized spacial score (nSPS) is 17.6. The molecule has 0 aromatic rings. The van der Waals surface area contributed by atoms with Crippen LogP contribution in [0.4, 0.5) is 0 Å². The molecule has 0 unspecified atom stereocenters. The van der Waals surface area contributed by atoms with Crippen LogP contribution < -0.4 is 11.5 Å². The van der Waals surface area contributed by atoms with E-state index in [1.165, 1.54) is 9.80 Å². The van der Waals surface area contributed by atoms with Gasteiger partial charge in [0.15, 0.2) is 5.96 Å². The quantitative estimate of drug-likeness (QED) is 0.261. The first-order chi connectivity index (χ1) is 10.6. The highest BCUT2D eigenvalue weighted by Crippen LogP contribution is 2.20. The van der Waals surface area contributed by atoms with E-state index in [2.05, 4.69) is 17.6 Å². The third-order valence-electron chi connectivity index (χ3n) is 3.17. The van der Waals surface area contributed by atoms with Gasteiger partial charge in [0.25, 0.3) is 0 Å². The van der Waals surface area contributed by atoms with E-state index in [4.69, 9.17) is 22.0 Å². The fraction of sp³-hybridized carbons (Fsp3) is 0.692. The molecule has 0 aromatic heterocycles. The number of amides is 1. The summed E-state index contributed by atoms with van der Waals surface area (Å²) in [6.45, 7) is 2.33. The average Bonchev–Trinajstić information content (AvgIpc) is 2.95. The summed E-state index contributed by atoms with van der Waals surface area (Å²) >= 11 is 4.03. The number of aliphatic imine (C=N–C) groups is 1. The van der Waals surface area contributed by atoms with E-state index in [9.17, 15) is 9.59 Å². The molecular formula is C13H26N6O3S. The van der Waals surface area contributed by atoms with Crippen LogP contribution in [0.25, 0.3) is 0 Å². The predicted molar refractivity (Wildman–Crippen MR) is 92.6 cm³/mol. The van der Waals surface area contributed by atoms with Gasteiger partial charge >= 0.3 is 5.97 Å². The monoisotopic (exact) mass is 346 g/mol. The minimum Gasteiger partial charge on any atom is -0.480 e. The van der Waals surface area contributed by atoms with Crippen molar-refractivity contribution in [1.29, 1.82) is 5.41 Å². The van der Waals surface area contributed by atoms with Crippen molar-refractivity contribution in [3.8, 4) is 0 Å². The predicted octanol–water partition coefficient (Wildman–Crippen LogP) is -0.616. The van der Waals surface area contributed by atoms with Crippen LogP contribution in [0.15, 0.2) is 4.99 Å². The van der Waals surface area contributed by atoms with Crippen LogP contribution in [0, 0.1) is 11.3 Å². The smallest absolute Gasteiger partial charge is 0.326 e. The molecule has 0 radical (unpaired) electrons. The molecule has 9 nitrogen and oxygen atoms in total. The van der Waals surface area contributed by atoms with Crippen molar-refractivity contribution in [2.24, 2.45) is 22.4 Å². The summed E-state index contributed by atoms with van der Waals surface area (Å²) in [4.78, 5) is 28.9. The van der Waals surface area contributed by atoms with Gasteiger partial charge < -0.3 is 26.4 Å². The average molecular weight is 346 g/mol. The maximum absolute atomic E-state index is 11.7. The number of hydrogen-bond donors (Lipinski definition) is 5. The fourth-order valence-corrected chi connectivity index (χ4v) is 2.03. The molecular weight excluding hydrogens is 320 g/mol. The summed E-state index contributed by atoms with van der Waals surface area (Å²) in [6, 6.07) is -0.621. The third-order valence-corrected chi connectivity index (χ3v) is 3.72. The van der Waals surface area contributed by atoms with Gasteiger partial charge in [-0.1, -0.05) is 6.92 Å². The Labute approximate surface area is 141 Å². The van der Waals surface area contributed by atoms with E-state index < -0.39 is 12.0 Å². The lowest BCUT2D eigenvalue weighted by atomic mass is 10.1. The Morgan fingerprint density at radius 2 is 2.04 bits per heavy atom. The standard InChI is InChI=1S/C9H15NO3S.C4H11N5/c1-6(5-14)8(11)10-4-2-3-7(10)9(12)13;1-9(2)4(7)8-3(5)6/h6-7,14H,2-5H2,1H3,(H,12,13);1-2H3,(H5,5,6,7,8)/t6-,7+;/m1./s1. The van der Waals surface area contributed by atoms with Gasteiger partial charge in [0.05, 0.1) is 0 Å². The first-order valence-electron chi connectivity index (χ1n) is 7.11. The highest BCUT2D eigenvalue weighted by molar-refractivity contribution is 7.80. The van der Waals surface area contributed by atoms with E-state index in [1.807, 2.05) is 0 Å². The second kappa shape index (κ2) is 9.93. The van der Waals surface area contributed by atoms with Crippen LogP contribution in [0.1, 0.15) is 19.8 Å². The van der Waals surface area contributed by atoms with Crippen LogP contribution in [0.5, 0.6) is 0 Å². The van der Waals surface area contributed by atoms with E-state index in [1.54, 1.807) is 21.0 Å². The zero-order valence-electron chi connectivity index (χ0n) is 13.7. The summed E-state index contributed by atoms with van der Waals surface area (Å²) in [5, 5.41) is 15.9. The van der Waals surface area contributed by atoms with Gasteiger partial charge in [-0.25, -0.2) is 4.79 Å². The Bertz CT molecular complexity index is 465. The lowest BCUT2D eigenvalue weighted by molar-refractivity contribution is -0.149. The Hall–Kier alpha value is -1.97. The summed E-state index contributed by atoms with van der Waals surface area (Å²) in [5.41, 5.74) is 9.98. The summed E-state index contributed by atoms with van der Waals surface area (Å²) in [5.74, 6) is -0.768. The van der Waals surface area contributed by atoms with Crippen molar-refractivity contribution < 1.29 is 14.7 Å². The van der Waals surface area contributed by atoms with E-state index in [0.29, 0.717) is 18.7 Å². The molecule has 0 spiro atoms. The van der Waals surface area contributed by atoms with E-state index in [-0.39, 0.29) is 23.7 Å². The number of carboxylic acids is 1. The molecule has 0 aliphatic carbocycles. The van der Waals surface area contributed by atoms with Gasteiger partial charge in [-0.05, 0) is 12.8 Å². The molecule has 1 saturated heterocycles. The molecule has 23 heavy (non-hydrogen) atoms. The van der Waals surface area contributed by atoms with Crippen molar-refractivity contribution in [2.75, 3.05) is 26.4 Å². The number of thiol groups is 1. The van der Waals surface area contributed by atoms with E-state index >= 15 is 0 Å². The fourth-order valence-electron chi connectivity index (χ4n) is 1.87. The van der Waals surface area contributed by atoms with Gasteiger partial charge in [-0.2, -0.15) is 17.6 Å². The molecule has 1 rings (SSSR count). The minimum atomic E-state index is -0.901. The number of carbonyl (C=O) groups is 2. The molecule has 1 aliphatic heterocycles. The lowest BCUT2D eigenvalue weighted by Gasteiger charge is -2.24. The van der Waals surface area contributed by atoms with Crippen LogP contribution >= 0.6 is 12.6 Å². The zero-order chi connectivity index (χ0) is 18.2. The minimum absolute atomic E-state index is 0.0509. The van der Waals surface area contributed by atoms with Crippen LogP contribution in [-0.4, -0.2) is 71.1 Å². The number of aliphatic carboxylic acids is 1. The van der Waals surface area contributed by atoms with Crippen LogP contribution in [0.3, 0.4) is 0 Å². The number of carboxylic acid groups (broad SMARTS) is 1. The number of guanidine groups is 2. The molecule has 0 bridgehead atoms. The zero-order valence-corrected chi connectivity index (χ0v) is 14.6. The Balaban J connectivity index is 0.000000468. The van der Waals surface area contributed by atoms with Gasteiger partial charge in [-0.3, -0.25) is 10.2 Å². The second-order valence-corrected chi connectivity index (χ2v) is 5.73. The molecule has 132 valence electrons. The third kappa shape index (κ3) is 7.22. The number of nitrogens with zero attached hydrogens (tertiary/aromatic N) is 3. The first kappa shape index (κ1) is 21.0. The van der Waals surface area contributed by atoms with Crippen molar-refractivity contribution in [3.63, 3.8) is 0 Å². The van der Waals surface area contributed by atoms with Gasteiger partial charge in [0, 0.05) is 32.3 Å². The number of hydrogen-bond acceptors (Lipinski definition) is 4.